The van der Waals surface area contributed by atoms with Crippen molar-refractivity contribution in [2.75, 3.05) is 0 Å². The molecular formula is C51H34N4OS. The zero-order chi connectivity index (χ0) is 37.5. The fourth-order valence-electron chi connectivity index (χ4n) is 8.84. The highest BCUT2D eigenvalue weighted by molar-refractivity contribution is 7.26. The first-order chi connectivity index (χ1) is 28.2. The van der Waals surface area contributed by atoms with E-state index in [0.717, 1.165) is 68.7 Å². The van der Waals surface area contributed by atoms with Gasteiger partial charge in [-0.25, -0.2) is 9.98 Å². The molecule has 2 aliphatic rings. The van der Waals surface area contributed by atoms with E-state index in [-0.39, 0.29) is 6.17 Å². The summed E-state index contributed by atoms with van der Waals surface area (Å²) in [7, 11) is 0. The van der Waals surface area contributed by atoms with Gasteiger partial charge in [0.25, 0.3) is 0 Å². The number of rotatable bonds is 5. The standard InChI is InChI=1S/C51H34N4OS/c1-3-13-31(14-4-1)49-52-50(32-15-5-2-6-16-32)54-51(53-49)34-26-28-40-45(29-34)56-44-24-12-19-35(47(40)44)33-25-27-38-39-20-11-23-43(48(39)57-46(38)30-33)55-41-21-9-7-17-36(41)37-18-8-10-22-42(37)55/h1,3-5,7-30,50H,2,6H2,(H,52,53,54). The number of aliphatic imine (C=N–C) groups is 2. The van der Waals surface area contributed by atoms with Gasteiger partial charge in [-0.15, -0.1) is 11.3 Å². The first-order valence-corrected chi connectivity index (χ1v) is 20.3. The van der Waals surface area contributed by atoms with Crippen LogP contribution >= 0.6 is 11.3 Å². The third-order valence-electron chi connectivity index (χ3n) is 11.5. The highest BCUT2D eigenvalue weighted by Crippen LogP contribution is 2.44. The summed E-state index contributed by atoms with van der Waals surface area (Å²) in [5.41, 5.74) is 10.8. The number of furan rings is 1. The predicted molar refractivity (Wildman–Crippen MR) is 239 cm³/mol. The SMILES string of the molecule is C1=CC(C2N=C(c3ccccc3)N=C(c3ccc4c(c3)oc3cccc(-c5ccc6c(c5)sc5c(-n7c8ccccc8c8ccccc87)cccc56)c34)N2)=CCC1. The number of fused-ring (bicyclic) bond motifs is 9. The van der Waals surface area contributed by atoms with E-state index in [2.05, 4.69) is 162 Å². The molecular weight excluding hydrogens is 717 g/mol. The zero-order valence-electron chi connectivity index (χ0n) is 30.8. The molecule has 1 N–H and O–H groups in total. The summed E-state index contributed by atoms with van der Waals surface area (Å²) in [4.78, 5) is 10.1. The van der Waals surface area contributed by atoms with Gasteiger partial charge >= 0.3 is 0 Å². The van der Waals surface area contributed by atoms with Crippen LogP contribution in [0.2, 0.25) is 0 Å². The summed E-state index contributed by atoms with van der Waals surface area (Å²) in [6.45, 7) is 0. The first kappa shape index (κ1) is 32.2. The maximum absolute atomic E-state index is 6.63. The summed E-state index contributed by atoms with van der Waals surface area (Å²) >= 11 is 1.87. The first-order valence-electron chi connectivity index (χ1n) is 19.5. The zero-order valence-corrected chi connectivity index (χ0v) is 31.6. The molecule has 5 nitrogen and oxygen atoms in total. The van der Waals surface area contributed by atoms with Crippen molar-refractivity contribution in [1.29, 1.82) is 0 Å². The molecule has 0 saturated carbocycles. The molecule has 1 aliphatic carbocycles. The minimum atomic E-state index is -0.218. The number of thiophene rings is 1. The van der Waals surface area contributed by atoms with Gasteiger partial charge in [0.15, 0.2) is 5.84 Å². The number of nitrogens with zero attached hydrogens (tertiary/aromatic N) is 3. The van der Waals surface area contributed by atoms with Crippen LogP contribution in [0.5, 0.6) is 0 Å². The van der Waals surface area contributed by atoms with E-state index in [1.54, 1.807) is 0 Å². The molecule has 10 aromatic rings. The lowest BCUT2D eigenvalue weighted by Crippen LogP contribution is -2.40. The van der Waals surface area contributed by atoms with E-state index < -0.39 is 0 Å². The molecule has 1 unspecified atom stereocenters. The van der Waals surface area contributed by atoms with Crippen LogP contribution in [0.15, 0.2) is 190 Å². The largest absolute Gasteiger partial charge is 0.456 e. The van der Waals surface area contributed by atoms with Crippen molar-refractivity contribution < 1.29 is 4.42 Å². The van der Waals surface area contributed by atoms with Gasteiger partial charge in [-0.05, 0) is 72.0 Å². The smallest absolute Gasteiger partial charge is 0.159 e. The average Bonchev–Trinajstić information content (AvgIpc) is 3.96. The van der Waals surface area contributed by atoms with Crippen LogP contribution in [-0.2, 0) is 0 Å². The van der Waals surface area contributed by atoms with E-state index in [1.807, 2.05) is 29.5 Å². The molecule has 57 heavy (non-hydrogen) atoms. The Morgan fingerprint density at radius 1 is 0.614 bits per heavy atom. The lowest BCUT2D eigenvalue weighted by atomic mass is 9.98. The molecule has 0 amide bonds. The lowest BCUT2D eigenvalue weighted by molar-refractivity contribution is 0.668. The van der Waals surface area contributed by atoms with Crippen LogP contribution in [0.4, 0.5) is 0 Å². The second-order valence-corrected chi connectivity index (χ2v) is 15.9. The Bertz CT molecular complexity index is 3340. The van der Waals surface area contributed by atoms with Crippen molar-refractivity contribution in [2.24, 2.45) is 9.98 Å². The molecule has 6 heteroatoms. The number of allylic oxidation sites excluding steroid dienone is 2. The molecule has 1 atom stereocenters. The van der Waals surface area contributed by atoms with E-state index >= 15 is 0 Å². The molecule has 3 aromatic heterocycles. The summed E-state index contributed by atoms with van der Waals surface area (Å²) in [5.74, 6) is 1.51. The number of benzene rings is 7. The molecule has 0 radical (unpaired) electrons. The van der Waals surface area contributed by atoms with Crippen molar-refractivity contribution in [1.82, 2.24) is 9.88 Å². The van der Waals surface area contributed by atoms with Crippen molar-refractivity contribution >= 4 is 86.9 Å². The Morgan fingerprint density at radius 2 is 1.37 bits per heavy atom. The van der Waals surface area contributed by atoms with Gasteiger partial charge < -0.3 is 14.3 Å². The molecule has 270 valence electrons. The monoisotopic (exact) mass is 750 g/mol. The van der Waals surface area contributed by atoms with Gasteiger partial charge in [0.05, 0.1) is 21.4 Å². The van der Waals surface area contributed by atoms with Gasteiger partial charge in [0, 0.05) is 48.1 Å². The summed E-state index contributed by atoms with van der Waals surface area (Å²) in [5, 5.41) is 10.9. The molecule has 7 aromatic carbocycles. The summed E-state index contributed by atoms with van der Waals surface area (Å²) < 4.78 is 11.6. The third kappa shape index (κ3) is 5.14. The fraction of sp³-hybridized carbons (Fsp3) is 0.0588. The van der Waals surface area contributed by atoms with Crippen LogP contribution in [0, 0.1) is 0 Å². The van der Waals surface area contributed by atoms with E-state index in [0.29, 0.717) is 0 Å². The minimum Gasteiger partial charge on any atom is -0.456 e. The van der Waals surface area contributed by atoms with Crippen molar-refractivity contribution in [3.05, 3.63) is 187 Å². The van der Waals surface area contributed by atoms with Gasteiger partial charge in [-0.3, -0.25) is 0 Å². The Kier molecular flexibility index (Phi) is 7.22. The Morgan fingerprint density at radius 3 is 2.19 bits per heavy atom. The number of para-hydroxylation sites is 2. The van der Waals surface area contributed by atoms with Crippen LogP contribution in [-0.4, -0.2) is 22.4 Å². The number of hydrogen-bond donors (Lipinski definition) is 1. The van der Waals surface area contributed by atoms with Crippen LogP contribution in [0.3, 0.4) is 0 Å². The number of nitrogens with one attached hydrogen (secondary N) is 1. The van der Waals surface area contributed by atoms with Gasteiger partial charge in [0.1, 0.15) is 23.2 Å². The second-order valence-electron chi connectivity index (χ2n) is 14.8. The minimum absolute atomic E-state index is 0.218. The molecule has 0 saturated heterocycles. The molecule has 1 aliphatic heterocycles. The van der Waals surface area contributed by atoms with E-state index in [4.69, 9.17) is 14.4 Å². The normalized spacial score (nSPS) is 15.8. The number of aromatic nitrogens is 1. The van der Waals surface area contributed by atoms with Crippen LogP contribution in [0.1, 0.15) is 24.0 Å². The van der Waals surface area contributed by atoms with Gasteiger partial charge in [-0.1, -0.05) is 127 Å². The Labute approximate surface area is 332 Å². The highest BCUT2D eigenvalue weighted by atomic mass is 32.1. The van der Waals surface area contributed by atoms with Gasteiger partial charge in [-0.2, -0.15) is 0 Å². The van der Waals surface area contributed by atoms with E-state index in [9.17, 15) is 0 Å². The Hall–Kier alpha value is -7.02. The lowest BCUT2D eigenvalue weighted by Gasteiger charge is -2.25. The van der Waals surface area contributed by atoms with Crippen LogP contribution in [0.25, 0.3) is 80.7 Å². The topological polar surface area (TPSA) is 54.8 Å². The molecule has 0 bridgehead atoms. The molecule has 0 fully saturated rings. The number of hydrogen-bond acceptors (Lipinski definition) is 5. The van der Waals surface area contributed by atoms with Crippen molar-refractivity contribution in [3.63, 3.8) is 0 Å². The third-order valence-corrected chi connectivity index (χ3v) is 12.7. The van der Waals surface area contributed by atoms with Gasteiger partial charge in [0.2, 0.25) is 0 Å². The molecule has 12 rings (SSSR count). The molecule has 4 heterocycles. The predicted octanol–water partition coefficient (Wildman–Crippen LogP) is 13.1. The molecule has 0 spiro atoms. The quantitative estimate of drug-likeness (QED) is 0.190. The highest BCUT2D eigenvalue weighted by Gasteiger charge is 2.24. The maximum Gasteiger partial charge on any atom is 0.159 e. The summed E-state index contributed by atoms with van der Waals surface area (Å²) in [6.07, 6.45) is 8.53. The van der Waals surface area contributed by atoms with Crippen molar-refractivity contribution in [3.8, 4) is 16.8 Å². The second kappa shape index (κ2) is 12.8. The van der Waals surface area contributed by atoms with Crippen LogP contribution < -0.4 is 5.32 Å². The fourth-order valence-corrected chi connectivity index (χ4v) is 10.1. The summed E-state index contributed by atoms with van der Waals surface area (Å²) in [6, 6.07) is 54.2. The van der Waals surface area contributed by atoms with Crippen molar-refractivity contribution in [2.45, 2.75) is 19.0 Å². The Balaban J connectivity index is 0.963. The van der Waals surface area contributed by atoms with E-state index in [1.165, 1.54) is 53.2 Å². The maximum atomic E-state index is 6.63. The average molecular weight is 751 g/mol. The number of amidine groups is 2.